The lowest BCUT2D eigenvalue weighted by molar-refractivity contribution is -0.0167. The Labute approximate surface area is 147 Å². The maximum atomic E-state index is 12.8. The second-order valence-corrected chi connectivity index (χ2v) is 8.38. The topological polar surface area (TPSA) is 68.0 Å². The number of carbonyl (C=O) groups excluding carboxylic acids is 1. The van der Waals surface area contributed by atoms with Gasteiger partial charge in [-0.05, 0) is 87.5 Å². The van der Waals surface area contributed by atoms with Gasteiger partial charge in [0.2, 0.25) is 0 Å². The molecule has 1 amide bonds. The van der Waals surface area contributed by atoms with E-state index in [1.165, 1.54) is 38.5 Å². The molecule has 2 aromatic rings. The van der Waals surface area contributed by atoms with E-state index in [2.05, 4.69) is 15.5 Å². The molecule has 4 aliphatic rings. The highest BCUT2D eigenvalue weighted by atomic mass is 16.5. The van der Waals surface area contributed by atoms with Gasteiger partial charge in [-0.15, -0.1) is 0 Å². The zero-order chi connectivity index (χ0) is 17.0. The molecule has 4 bridgehead atoms. The Morgan fingerprint density at radius 3 is 2.20 bits per heavy atom. The summed E-state index contributed by atoms with van der Waals surface area (Å²) < 4.78 is 5.18. The summed E-state index contributed by atoms with van der Waals surface area (Å²) in [7, 11) is 0. The molecule has 4 aliphatic carbocycles. The Morgan fingerprint density at radius 2 is 1.68 bits per heavy atom. The number of rotatable bonds is 3. The van der Waals surface area contributed by atoms with Crippen LogP contribution in [0.5, 0.6) is 0 Å². The first-order valence-electron chi connectivity index (χ1n) is 9.32. The molecule has 0 spiro atoms. The third-order valence-electron chi connectivity index (χ3n) is 6.34. The maximum Gasteiger partial charge on any atom is 0.257 e. The van der Waals surface area contributed by atoms with E-state index < -0.39 is 0 Å². The number of nitrogens with zero attached hydrogens (tertiary/aromatic N) is 2. The lowest BCUT2D eigenvalue weighted by atomic mass is 9.53. The van der Waals surface area contributed by atoms with Gasteiger partial charge in [-0.1, -0.05) is 5.16 Å². The van der Waals surface area contributed by atoms with E-state index in [0.717, 1.165) is 23.3 Å². The van der Waals surface area contributed by atoms with E-state index in [4.69, 9.17) is 4.52 Å². The zero-order valence-electron chi connectivity index (χ0n) is 14.5. The number of amides is 1. The molecule has 5 heteroatoms. The molecule has 0 saturated heterocycles. The van der Waals surface area contributed by atoms with Crippen LogP contribution >= 0.6 is 0 Å². The van der Waals surface area contributed by atoms with Crippen LogP contribution in [0, 0.1) is 24.7 Å². The molecule has 1 aromatic heterocycles. The zero-order valence-corrected chi connectivity index (χ0v) is 14.5. The van der Waals surface area contributed by atoms with E-state index in [1.54, 1.807) is 6.92 Å². The molecule has 6 rings (SSSR count). The normalized spacial score (nSPS) is 32.8. The highest BCUT2D eigenvalue weighted by Gasteiger charge is 2.51. The third kappa shape index (κ3) is 2.66. The van der Waals surface area contributed by atoms with Gasteiger partial charge in [-0.3, -0.25) is 4.79 Å². The van der Waals surface area contributed by atoms with Gasteiger partial charge in [-0.25, -0.2) is 0 Å². The summed E-state index contributed by atoms with van der Waals surface area (Å²) in [5.41, 5.74) is 1.59. The summed E-state index contributed by atoms with van der Waals surface area (Å²) in [6.45, 7) is 1.79. The minimum atomic E-state index is 0.0497. The van der Waals surface area contributed by atoms with E-state index in [0.29, 0.717) is 17.3 Å². The van der Waals surface area contributed by atoms with Crippen LogP contribution in [-0.4, -0.2) is 21.6 Å². The van der Waals surface area contributed by atoms with E-state index in [-0.39, 0.29) is 11.4 Å². The molecular formula is C20H23N3O2. The highest BCUT2D eigenvalue weighted by molar-refractivity contribution is 5.95. The highest BCUT2D eigenvalue weighted by Crippen LogP contribution is 2.55. The van der Waals surface area contributed by atoms with Crippen molar-refractivity contribution in [2.75, 3.05) is 0 Å². The summed E-state index contributed by atoms with van der Waals surface area (Å²) in [4.78, 5) is 17.0. The molecule has 25 heavy (non-hydrogen) atoms. The number of benzene rings is 1. The van der Waals surface area contributed by atoms with Crippen LogP contribution in [0.4, 0.5) is 0 Å². The predicted molar refractivity (Wildman–Crippen MR) is 92.8 cm³/mol. The Bertz CT molecular complexity index is 773. The third-order valence-corrected chi connectivity index (χ3v) is 6.34. The second kappa shape index (κ2) is 5.41. The van der Waals surface area contributed by atoms with Crippen molar-refractivity contribution in [3.63, 3.8) is 0 Å². The fourth-order valence-corrected chi connectivity index (χ4v) is 5.76. The Hall–Kier alpha value is -2.17. The van der Waals surface area contributed by atoms with Crippen molar-refractivity contribution in [3.05, 3.63) is 35.7 Å². The minimum Gasteiger partial charge on any atom is -0.347 e. The summed E-state index contributed by atoms with van der Waals surface area (Å²) in [5, 5.41) is 7.22. The number of hydrogen-bond acceptors (Lipinski definition) is 4. The van der Waals surface area contributed by atoms with E-state index in [9.17, 15) is 4.79 Å². The van der Waals surface area contributed by atoms with Crippen LogP contribution in [0.1, 0.15) is 54.7 Å². The van der Waals surface area contributed by atoms with Crippen LogP contribution in [0.15, 0.2) is 28.8 Å². The summed E-state index contributed by atoms with van der Waals surface area (Å²) in [6.07, 6.45) is 7.66. The van der Waals surface area contributed by atoms with Gasteiger partial charge in [-0.2, -0.15) is 4.98 Å². The lowest BCUT2D eigenvalue weighted by Crippen LogP contribution is -2.59. The van der Waals surface area contributed by atoms with Gasteiger partial charge in [0.05, 0.1) is 0 Å². The van der Waals surface area contributed by atoms with Crippen molar-refractivity contribution in [2.24, 2.45) is 17.8 Å². The van der Waals surface area contributed by atoms with Gasteiger partial charge in [0.25, 0.3) is 11.8 Å². The molecule has 1 aromatic carbocycles. The number of nitrogens with one attached hydrogen (secondary N) is 1. The second-order valence-electron chi connectivity index (χ2n) is 8.38. The molecule has 0 radical (unpaired) electrons. The average Bonchev–Trinajstić information content (AvgIpc) is 3.00. The van der Waals surface area contributed by atoms with Crippen molar-refractivity contribution < 1.29 is 9.32 Å². The quantitative estimate of drug-likeness (QED) is 0.926. The number of carbonyl (C=O) groups is 1. The van der Waals surface area contributed by atoms with Gasteiger partial charge in [0.15, 0.2) is 5.82 Å². The molecule has 130 valence electrons. The van der Waals surface area contributed by atoms with Crippen molar-refractivity contribution in [2.45, 2.75) is 51.0 Å². The van der Waals surface area contributed by atoms with Crippen molar-refractivity contribution in [1.29, 1.82) is 0 Å². The average molecular weight is 337 g/mol. The number of aromatic nitrogens is 2. The Morgan fingerprint density at radius 1 is 1.08 bits per heavy atom. The largest absolute Gasteiger partial charge is 0.347 e. The molecule has 5 nitrogen and oxygen atoms in total. The van der Waals surface area contributed by atoms with Gasteiger partial charge in [0.1, 0.15) is 0 Å². The van der Waals surface area contributed by atoms with Gasteiger partial charge < -0.3 is 9.84 Å². The Balaban J connectivity index is 1.33. The molecule has 1 N–H and O–H groups in total. The predicted octanol–water partition coefficient (Wildman–Crippen LogP) is 3.74. The SMILES string of the molecule is Cc1noc(-c2ccc(C(=O)NC34CC5CC(CC(C5)C3)C4)cc2)n1. The molecule has 4 fully saturated rings. The standard InChI is InChI=1S/C20H23N3O2/c1-12-21-19(25-23-12)17-4-2-16(3-5-17)18(24)22-20-9-13-6-14(10-20)8-15(7-13)11-20/h2-5,13-15H,6-11H2,1H3,(H,22,24). The maximum absolute atomic E-state index is 12.8. The van der Waals surface area contributed by atoms with Crippen LogP contribution in [-0.2, 0) is 0 Å². The van der Waals surface area contributed by atoms with Crippen LogP contribution in [0.3, 0.4) is 0 Å². The lowest BCUT2D eigenvalue weighted by Gasteiger charge is -2.56. The van der Waals surface area contributed by atoms with Crippen LogP contribution in [0.25, 0.3) is 11.5 Å². The monoisotopic (exact) mass is 337 g/mol. The summed E-state index contributed by atoms with van der Waals surface area (Å²) in [6, 6.07) is 7.46. The summed E-state index contributed by atoms with van der Waals surface area (Å²) >= 11 is 0. The van der Waals surface area contributed by atoms with E-state index in [1.807, 2.05) is 24.3 Å². The molecule has 0 unspecified atom stereocenters. The molecular weight excluding hydrogens is 314 g/mol. The molecule has 0 aliphatic heterocycles. The summed E-state index contributed by atoms with van der Waals surface area (Å²) in [5.74, 6) is 3.64. The molecule has 0 atom stereocenters. The first kappa shape index (κ1) is 15.1. The Kier molecular flexibility index (Phi) is 3.27. The minimum absolute atomic E-state index is 0.0497. The first-order chi connectivity index (χ1) is 12.1. The van der Waals surface area contributed by atoms with Crippen molar-refractivity contribution in [3.8, 4) is 11.5 Å². The number of hydrogen-bond donors (Lipinski definition) is 1. The van der Waals surface area contributed by atoms with Crippen LogP contribution < -0.4 is 5.32 Å². The smallest absolute Gasteiger partial charge is 0.257 e. The van der Waals surface area contributed by atoms with Crippen LogP contribution in [0.2, 0.25) is 0 Å². The van der Waals surface area contributed by atoms with Crippen molar-refractivity contribution >= 4 is 5.91 Å². The molecule has 4 saturated carbocycles. The first-order valence-corrected chi connectivity index (χ1v) is 9.32. The van der Waals surface area contributed by atoms with Gasteiger partial charge >= 0.3 is 0 Å². The van der Waals surface area contributed by atoms with E-state index >= 15 is 0 Å². The fourth-order valence-electron chi connectivity index (χ4n) is 5.76. The van der Waals surface area contributed by atoms with Gasteiger partial charge in [0, 0.05) is 16.7 Å². The fraction of sp³-hybridized carbons (Fsp3) is 0.550. The van der Waals surface area contributed by atoms with Crippen molar-refractivity contribution in [1.82, 2.24) is 15.5 Å². The number of aryl methyl sites for hydroxylation is 1. The molecule has 1 heterocycles.